The Hall–Kier alpha value is -2.50. The summed E-state index contributed by atoms with van der Waals surface area (Å²) >= 11 is 0. The minimum Gasteiger partial charge on any atom is -0.508 e. The molecule has 1 aliphatic carbocycles. The summed E-state index contributed by atoms with van der Waals surface area (Å²) in [4.78, 5) is 32.1. The summed E-state index contributed by atoms with van der Waals surface area (Å²) in [7, 11) is 0. The van der Waals surface area contributed by atoms with E-state index >= 15 is 0 Å². The number of hydrogen-bond acceptors (Lipinski definition) is 3. The molecule has 6 heteroatoms. The van der Waals surface area contributed by atoms with Gasteiger partial charge in [-0.1, -0.05) is 13.8 Å². The number of carbonyl (C=O) groups is 2. The number of H-pyrrole nitrogens is 1. The van der Waals surface area contributed by atoms with Crippen LogP contribution in [-0.2, 0) is 21.4 Å². The molecule has 5 heterocycles. The summed E-state index contributed by atoms with van der Waals surface area (Å²) in [6.07, 6.45) is 2.91. The number of aromatic amines is 1. The highest BCUT2D eigenvalue weighted by Gasteiger charge is 2.72. The first-order valence-electron chi connectivity index (χ1n) is 9.78. The number of phenols is 1. The van der Waals surface area contributed by atoms with Crippen LogP contribution in [0.5, 0.6) is 5.75 Å². The molecule has 7 rings (SSSR count). The zero-order chi connectivity index (χ0) is 18.8. The molecule has 4 aliphatic heterocycles. The molecular formula is C21H23N3O3. The second kappa shape index (κ2) is 4.32. The van der Waals surface area contributed by atoms with Crippen molar-refractivity contribution in [3.63, 3.8) is 0 Å². The number of carbonyl (C=O) groups excluding carboxylic acids is 2. The Bertz CT molecular complexity index is 1050. The van der Waals surface area contributed by atoms with E-state index in [0.29, 0.717) is 13.0 Å². The Kier molecular flexibility index (Phi) is 2.49. The number of phenolic OH excluding ortho intramolecular Hbond substituents is 1. The van der Waals surface area contributed by atoms with Crippen LogP contribution in [0.15, 0.2) is 18.2 Å². The second-order valence-corrected chi connectivity index (χ2v) is 9.38. The van der Waals surface area contributed by atoms with Crippen LogP contribution >= 0.6 is 0 Å². The van der Waals surface area contributed by atoms with Gasteiger partial charge in [-0.15, -0.1) is 0 Å². The minimum absolute atomic E-state index is 0.0348. The van der Waals surface area contributed by atoms with Crippen molar-refractivity contribution < 1.29 is 14.7 Å². The van der Waals surface area contributed by atoms with Gasteiger partial charge in [-0.2, -0.15) is 0 Å². The molecule has 4 fully saturated rings. The maximum absolute atomic E-state index is 13.6. The van der Waals surface area contributed by atoms with Crippen LogP contribution in [0.1, 0.15) is 44.4 Å². The van der Waals surface area contributed by atoms with Gasteiger partial charge in [0.15, 0.2) is 0 Å². The van der Waals surface area contributed by atoms with E-state index in [9.17, 15) is 14.7 Å². The molecule has 2 aromatic rings. The highest BCUT2D eigenvalue weighted by atomic mass is 16.3. The predicted molar refractivity (Wildman–Crippen MR) is 99.4 cm³/mol. The van der Waals surface area contributed by atoms with Crippen molar-refractivity contribution in [1.82, 2.24) is 15.2 Å². The zero-order valence-corrected chi connectivity index (χ0v) is 15.6. The van der Waals surface area contributed by atoms with Crippen LogP contribution < -0.4 is 5.32 Å². The molecule has 2 amide bonds. The van der Waals surface area contributed by atoms with E-state index in [4.69, 9.17) is 0 Å². The average molecular weight is 365 g/mol. The lowest BCUT2D eigenvalue weighted by Crippen LogP contribution is -2.84. The fourth-order valence-electron chi connectivity index (χ4n) is 6.62. The fraction of sp³-hybridized carbons (Fsp3) is 0.524. The van der Waals surface area contributed by atoms with Gasteiger partial charge in [0, 0.05) is 47.0 Å². The molecule has 140 valence electrons. The summed E-state index contributed by atoms with van der Waals surface area (Å²) in [6, 6.07) is 5.33. The van der Waals surface area contributed by atoms with Gasteiger partial charge < -0.3 is 20.3 Å². The molecule has 1 aromatic heterocycles. The number of piperidine rings is 2. The molecule has 6 nitrogen and oxygen atoms in total. The Morgan fingerprint density at radius 3 is 2.89 bits per heavy atom. The lowest BCUT2D eigenvalue weighted by atomic mass is 9.51. The van der Waals surface area contributed by atoms with Crippen molar-refractivity contribution >= 4 is 22.7 Å². The molecule has 0 radical (unpaired) electrons. The largest absolute Gasteiger partial charge is 0.508 e. The van der Waals surface area contributed by atoms with Crippen molar-refractivity contribution in [3.8, 4) is 5.75 Å². The number of nitrogens with one attached hydrogen (secondary N) is 2. The molecule has 2 spiro atoms. The molecule has 4 saturated heterocycles. The van der Waals surface area contributed by atoms with E-state index in [1.165, 1.54) is 0 Å². The zero-order valence-electron chi connectivity index (χ0n) is 15.6. The predicted octanol–water partition coefficient (Wildman–Crippen LogP) is 1.96. The summed E-state index contributed by atoms with van der Waals surface area (Å²) in [6.45, 7) is 5.06. The Labute approximate surface area is 156 Å². The summed E-state index contributed by atoms with van der Waals surface area (Å²) in [5.41, 5.74) is 1.32. The van der Waals surface area contributed by atoms with Gasteiger partial charge in [-0.3, -0.25) is 9.59 Å². The Balaban J connectivity index is 1.63. The number of rotatable bonds is 0. The van der Waals surface area contributed by atoms with Gasteiger partial charge in [0.05, 0.1) is 0 Å². The van der Waals surface area contributed by atoms with Gasteiger partial charge >= 0.3 is 0 Å². The Morgan fingerprint density at radius 1 is 1.26 bits per heavy atom. The molecule has 0 saturated carbocycles. The van der Waals surface area contributed by atoms with Crippen molar-refractivity contribution in [1.29, 1.82) is 0 Å². The van der Waals surface area contributed by atoms with E-state index in [2.05, 4.69) is 24.1 Å². The smallest absolute Gasteiger partial charge is 0.249 e. The number of aromatic nitrogens is 1. The lowest BCUT2D eigenvalue weighted by molar-refractivity contribution is -0.179. The molecule has 3 atom stereocenters. The first kappa shape index (κ1) is 15.5. The molecular weight excluding hydrogens is 342 g/mol. The number of amides is 2. The SMILES string of the molecule is CC1(C)c2[nH]c3cc(O)ccc3c2C[C@@]23NC(=O)[C@]4(CCCN4C2=O)C[C@@H]13. The van der Waals surface area contributed by atoms with Gasteiger partial charge in [0.2, 0.25) is 11.8 Å². The molecule has 2 bridgehead atoms. The summed E-state index contributed by atoms with van der Waals surface area (Å²) in [5, 5.41) is 14.1. The number of hydrogen-bond donors (Lipinski definition) is 3. The lowest BCUT2D eigenvalue weighted by Gasteiger charge is -2.64. The standard InChI is InChI=1S/C21H23N3O3/c1-19(2)15-10-20-6-3-7-24(20)18(27)21(15,23-17(20)26)9-13-12-5-4-11(25)8-14(12)22-16(13)19/h4-5,8,15,22,25H,3,6-7,9-10H2,1-2H3,(H,23,26)/t15-,20-,21-/m0/s1. The highest BCUT2D eigenvalue weighted by molar-refractivity contribution is 6.06. The topological polar surface area (TPSA) is 85.4 Å². The number of fused-ring (bicyclic) bond motifs is 4. The van der Waals surface area contributed by atoms with Crippen molar-refractivity contribution in [2.45, 2.75) is 56.0 Å². The van der Waals surface area contributed by atoms with Crippen molar-refractivity contribution in [3.05, 3.63) is 29.5 Å². The average Bonchev–Trinajstić information content (AvgIpc) is 3.19. The second-order valence-electron chi connectivity index (χ2n) is 9.38. The van der Waals surface area contributed by atoms with Crippen LogP contribution in [0, 0.1) is 5.92 Å². The van der Waals surface area contributed by atoms with E-state index in [0.717, 1.165) is 41.4 Å². The maximum Gasteiger partial charge on any atom is 0.249 e. The van der Waals surface area contributed by atoms with Crippen LogP contribution in [0.3, 0.4) is 0 Å². The minimum atomic E-state index is -0.854. The van der Waals surface area contributed by atoms with E-state index in [1.807, 2.05) is 11.0 Å². The normalized spacial score (nSPS) is 35.8. The van der Waals surface area contributed by atoms with Crippen LogP contribution in [0.25, 0.3) is 10.9 Å². The maximum atomic E-state index is 13.6. The monoisotopic (exact) mass is 365 g/mol. The number of aromatic hydroxyl groups is 1. The third-order valence-electron chi connectivity index (χ3n) is 7.87. The number of benzene rings is 1. The van der Waals surface area contributed by atoms with Gasteiger partial charge in [-0.25, -0.2) is 0 Å². The summed E-state index contributed by atoms with van der Waals surface area (Å²) < 4.78 is 0. The third-order valence-corrected chi connectivity index (χ3v) is 7.87. The van der Waals surface area contributed by atoms with E-state index in [-0.39, 0.29) is 28.9 Å². The number of piperazine rings is 1. The first-order chi connectivity index (χ1) is 12.8. The quantitative estimate of drug-likeness (QED) is 0.667. The Morgan fingerprint density at radius 2 is 2.07 bits per heavy atom. The van der Waals surface area contributed by atoms with Crippen LogP contribution in [0.4, 0.5) is 0 Å². The fourth-order valence-corrected chi connectivity index (χ4v) is 6.62. The molecule has 27 heavy (non-hydrogen) atoms. The van der Waals surface area contributed by atoms with Gasteiger partial charge in [-0.05, 0) is 37.0 Å². The van der Waals surface area contributed by atoms with Crippen LogP contribution in [0.2, 0.25) is 0 Å². The molecule has 5 aliphatic rings. The molecule has 0 unspecified atom stereocenters. The van der Waals surface area contributed by atoms with Gasteiger partial charge in [0.1, 0.15) is 16.8 Å². The molecule has 1 aromatic carbocycles. The highest BCUT2D eigenvalue weighted by Crippen LogP contribution is 2.59. The van der Waals surface area contributed by atoms with Crippen LogP contribution in [-0.4, -0.2) is 44.4 Å². The third kappa shape index (κ3) is 1.52. The van der Waals surface area contributed by atoms with Gasteiger partial charge in [0.25, 0.3) is 0 Å². The summed E-state index contributed by atoms with van der Waals surface area (Å²) in [5.74, 6) is 0.410. The molecule has 3 N–H and O–H groups in total. The van der Waals surface area contributed by atoms with E-state index in [1.54, 1.807) is 12.1 Å². The number of nitrogens with zero attached hydrogens (tertiary/aromatic N) is 1. The van der Waals surface area contributed by atoms with E-state index < -0.39 is 11.1 Å². The van der Waals surface area contributed by atoms with Crippen molar-refractivity contribution in [2.24, 2.45) is 5.92 Å². The van der Waals surface area contributed by atoms with Crippen molar-refractivity contribution in [2.75, 3.05) is 6.54 Å². The first-order valence-corrected chi connectivity index (χ1v) is 9.78.